The van der Waals surface area contributed by atoms with Gasteiger partial charge in [-0.15, -0.1) is 0 Å². The van der Waals surface area contributed by atoms with E-state index in [1.807, 2.05) is 30.3 Å². The molecule has 2 rings (SSSR count). The number of benzene rings is 1. The summed E-state index contributed by atoms with van der Waals surface area (Å²) in [5.74, 6) is -0.180. The van der Waals surface area contributed by atoms with E-state index in [1.54, 1.807) is 0 Å². The minimum atomic E-state index is -0.554. The molecular weight excluding hydrogens is 216 g/mol. The van der Waals surface area contributed by atoms with Gasteiger partial charge in [0.25, 0.3) is 0 Å². The fourth-order valence-electron chi connectivity index (χ4n) is 1.79. The van der Waals surface area contributed by atoms with Crippen molar-refractivity contribution >= 4 is 5.91 Å². The molecule has 1 aromatic carbocycles. The van der Waals surface area contributed by atoms with Crippen LogP contribution in [-0.4, -0.2) is 29.2 Å². The Balaban J connectivity index is 1.87. The number of nitrogens with one attached hydrogen (secondary N) is 1. The molecule has 0 aliphatic heterocycles. The number of nitrogens with two attached hydrogens (primary N) is 1. The molecule has 1 atom stereocenters. The average Bonchev–Trinajstić information content (AvgIpc) is 3.11. The number of aliphatic hydroxyl groups excluding tert-OH is 1. The van der Waals surface area contributed by atoms with E-state index in [4.69, 9.17) is 10.8 Å². The number of carbonyl (C=O) groups excluding carboxylic acids is 1. The van der Waals surface area contributed by atoms with Gasteiger partial charge in [-0.25, -0.2) is 0 Å². The van der Waals surface area contributed by atoms with Crippen molar-refractivity contribution in [3.63, 3.8) is 0 Å². The second kappa shape index (κ2) is 4.85. The second-order valence-corrected chi connectivity index (χ2v) is 4.72. The van der Waals surface area contributed by atoms with Crippen LogP contribution in [0.25, 0.3) is 0 Å². The zero-order chi connectivity index (χ0) is 12.3. The molecule has 4 heteroatoms. The van der Waals surface area contributed by atoms with Crippen molar-refractivity contribution < 1.29 is 9.90 Å². The zero-order valence-electron chi connectivity index (χ0n) is 9.73. The van der Waals surface area contributed by atoms with Gasteiger partial charge in [0.05, 0.1) is 18.2 Å². The van der Waals surface area contributed by atoms with Crippen LogP contribution in [0.5, 0.6) is 0 Å². The predicted octanol–water partition coefficient (Wildman–Crippen LogP) is 0.197. The minimum Gasteiger partial charge on any atom is -0.394 e. The highest BCUT2D eigenvalue weighted by molar-refractivity contribution is 5.83. The van der Waals surface area contributed by atoms with Crippen molar-refractivity contribution in [2.24, 2.45) is 5.73 Å². The SMILES string of the molecule is N[C@@H](Cc1ccccc1)C(=O)NC1(CO)CC1. The molecule has 17 heavy (non-hydrogen) atoms. The van der Waals surface area contributed by atoms with Gasteiger partial charge >= 0.3 is 0 Å². The molecule has 1 aromatic rings. The smallest absolute Gasteiger partial charge is 0.237 e. The van der Waals surface area contributed by atoms with Gasteiger partial charge in [0.2, 0.25) is 5.91 Å². The van der Waals surface area contributed by atoms with E-state index in [0.717, 1.165) is 18.4 Å². The van der Waals surface area contributed by atoms with Crippen LogP contribution >= 0.6 is 0 Å². The summed E-state index contributed by atoms with van der Waals surface area (Å²) in [4.78, 5) is 11.8. The predicted molar refractivity (Wildman–Crippen MR) is 65.3 cm³/mol. The van der Waals surface area contributed by atoms with E-state index < -0.39 is 6.04 Å². The molecule has 4 N–H and O–H groups in total. The van der Waals surface area contributed by atoms with Crippen molar-refractivity contribution in [3.8, 4) is 0 Å². The summed E-state index contributed by atoms with van der Waals surface area (Å²) in [5, 5.41) is 11.9. The quantitative estimate of drug-likeness (QED) is 0.681. The Kier molecular flexibility index (Phi) is 3.45. The Morgan fingerprint density at radius 3 is 2.59 bits per heavy atom. The first kappa shape index (κ1) is 12.1. The van der Waals surface area contributed by atoms with Crippen molar-refractivity contribution in [2.45, 2.75) is 30.8 Å². The fourth-order valence-corrected chi connectivity index (χ4v) is 1.79. The molecular formula is C13H18N2O2. The third-order valence-electron chi connectivity index (χ3n) is 3.18. The lowest BCUT2D eigenvalue weighted by Gasteiger charge is -2.18. The first-order chi connectivity index (χ1) is 8.15. The number of amides is 1. The van der Waals surface area contributed by atoms with Gasteiger partial charge in [0.1, 0.15) is 0 Å². The van der Waals surface area contributed by atoms with Crippen LogP contribution in [0.15, 0.2) is 30.3 Å². The molecule has 1 amide bonds. The standard InChI is InChI=1S/C13H18N2O2/c14-11(8-10-4-2-1-3-5-10)12(17)15-13(9-16)6-7-13/h1-5,11,16H,6-9,14H2,(H,15,17)/t11-/m0/s1. The molecule has 0 heterocycles. The van der Waals surface area contributed by atoms with Gasteiger partial charge in [0, 0.05) is 0 Å². The zero-order valence-corrected chi connectivity index (χ0v) is 9.73. The largest absolute Gasteiger partial charge is 0.394 e. The molecule has 0 radical (unpaired) electrons. The second-order valence-electron chi connectivity index (χ2n) is 4.72. The Hall–Kier alpha value is -1.39. The lowest BCUT2D eigenvalue weighted by molar-refractivity contribution is -0.123. The van der Waals surface area contributed by atoms with E-state index >= 15 is 0 Å². The molecule has 1 saturated carbocycles. The summed E-state index contributed by atoms with van der Waals surface area (Å²) >= 11 is 0. The summed E-state index contributed by atoms with van der Waals surface area (Å²) in [7, 11) is 0. The topological polar surface area (TPSA) is 75.4 Å². The molecule has 1 aliphatic rings. The van der Waals surface area contributed by atoms with E-state index in [-0.39, 0.29) is 18.1 Å². The van der Waals surface area contributed by atoms with Gasteiger partial charge in [-0.05, 0) is 24.8 Å². The lowest BCUT2D eigenvalue weighted by Crippen LogP contribution is -2.49. The molecule has 0 saturated heterocycles. The Morgan fingerprint density at radius 1 is 1.41 bits per heavy atom. The van der Waals surface area contributed by atoms with Gasteiger partial charge in [-0.2, -0.15) is 0 Å². The first-order valence-corrected chi connectivity index (χ1v) is 5.88. The Morgan fingerprint density at radius 2 is 2.06 bits per heavy atom. The molecule has 1 fully saturated rings. The van der Waals surface area contributed by atoms with Gasteiger partial charge < -0.3 is 16.2 Å². The normalized spacial score (nSPS) is 18.5. The maximum absolute atomic E-state index is 11.8. The van der Waals surface area contributed by atoms with E-state index in [1.165, 1.54) is 0 Å². The highest BCUT2D eigenvalue weighted by atomic mass is 16.3. The van der Waals surface area contributed by atoms with Crippen LogP contribution in [0.3, 0.4) is 0 Å². The maximum atomic E-state index is 11.8. The summed E-state index contributed by atoms with van der Waals surface area (Å²) in [6, 6.07) is 9.13. The third-order valence-corrected chi connectivity index (χ3v) is 3.18. The molecule has 0 bridgehead atoms. The van der Waals surface area contributed by atoms with Crippen molar-refractivity contribution in [3.05, 3.63) is 35.9 Å². The summed E-state index contributed by atoms with van der Waals surface area (Å²) in [5.41, 5.74) is 6.51. The Bertz CT molecular complexity index is 388. The highest BCUT2D eigenvalue weighted by Crippen LogP contribution is 2.34. The maximum Gasteiger partial charge on any atom is 0.237 e. The van der Waals surface area contributed by atoms with Gasteiger partial charge in [-0.1, -0.05) is 30.3 Å². The van der Waals surface area contributed by atoms with Crippen LogP contribution < -0.4 is 11.1 Å². The Labute approximate surface area is 101 Å². The van der Waals surface area contributed by atoms with E-state index in [9.17, 15) is 4.79 Å². The molecule has 1 aliphatic carbocycles. The summed E-state index contributed by atoms with van der Waals surface area (Å²) < 4.78 is 0. The third kappa shape index (κ3) is 3.05. The number of rotatable bonds is 5. The highest BCUT2D eigenvalue weighted by Gasteiger charge is 2.43. The average molecular weight is 234 g/mol. The van der Waals surface area contributed by atoms with Crippen LogP contribution in [0.4, 0.5) is 0 Å². The first-order valence-electron chi connectivity index (χ1n) is 5.88. The summed E-state index contributed by atoms with van der Waals surface area (Å²) in [6.45, 7) is -0.00318. The molecule has 0 aromatic heterocycles. The van der Waals surface area contributed by atoms with E-state index in [0.29, 0.717) is 6.42 Å². The van der Waals surface area contributed by atoms with Crippen LogP contribution in [-0.2, 0) is 11.2 Å². The van der Waals surface area contributed by atoms with Crippen molar-refractivity contribution in [1.29, 1.82) is 0 Å². The molecule has 0 unspecified atom stereocenters. The molecule has 92 valence electrons. The fraction of sp³-hybridized carbons (Fsp3) is 0.462. The molecule has 4 nitrogen and oxygen atoms in total. The van der Waals surface area contributed by atoms with Crippen molar-refractivity contribution in [1.82, 2.24) is 5.32 Å². The number of hydrogen-bond acceptors (Lipinski definition) is 3. The van der Waals surface area contributed by atoms with Crippen LogP contribution in [0.1, 0.15) is 18.4 Å². The number of aliphatic hydroxyl groups is 1. The molecule has 0 spiro atoms. The minimum absolute atomic E-state index is 0.00318. The lowest BCUT2D eigenvalue weighted by atomic mass is 10.1. The van der Waals surface area contributed by atoms with Crippen molar-refractivity contribution in [2.75, 3.05) is 6.61 Å². The van der Waals surface area contributed by atoms with Crippen LogP contribution in [0, 0.1) is 0 Å². The number of hydrogen-bond donors (Lipinski definition) is 3. The van der Waals surface area contributed by atoms with Gasteiger partial charge in [0.15, 0.2) is 0 Å². The van der Waals surface area contributed by atoms with Crippen LogP contribution in [0.2, 0.25) is 0 Å². The summed E-state index contributed by atoms with van der Waals surface area (Å²) in [6.07, 6.45) is 2.20. The van der Waals surface area contributed by atoms with E-state index in [2.05, 4.69) is 5.32 Å². The van der Waals surface area contributed by atoms with Gasteiger partial charge in [-0.3, -0.25) is 4.79 Å². The number of carbonyl (C=O) groups is 1. The monoisotopic (exact) mass is 234 g/mol.